The van der Waals surface area contributed by atoms with E-state index in [1.165, 1.54) is 0 Å². The lowest BCUT2D eigenvalue weighted by Gasteiger charge is -2.05. The second-order valence-corrected chi connectivity index (χ2v) is 3.68. The molecule has 0 saturated heterocycles. The molecule has 0 aliphatic carbocycles. The Morgan fingerprint density at radius 2 is 2.12 bits per heavy atom. The molecular formula is C13H17NO3. The zero-order valence-corrected chi connectivity index (χ0v) is 10.2. The van der Waals surface area contributed by atoms with Gasteiger partial charge < -0.3 is 10.1 Å². The third kappa shape index (κ3) is 4.68. The minimum Gasteiger partial charge on any atom is -0.466 e. The van der Waals surface area contributed by atoms with Gasteiger partial charge in [-0.2, -0.15) is 0 Å². The first-order valence-electron chi connectivity index (χ1n) is 5.64. The Labute approximate surface area is 101 Å². The highest BCUT2D eigenvalue weighted by molar-refractivity contribution is 5.94. The van der Waals surface area contributed by atoms with Gasteiger partial charge >= 0.3 is 5.97 Å². The van der Waals surface area contributed by atoms with Gasteiger partial charge in [0.2, 0.25) is 0 Å². The molecule has 0 aromatic heterocycles. The second-order valence-electron chi connectivity index (χ2n) is 3.68. The number of ether oxygens (including phenoxy) is 1. The number of carbonyl (C=O) groups is 2. The molecule has 0 fully saturated rings. The molecule has 0 heterocycles. The molecule has 92 valence electrons. The summed E-state index contributed by atoms with van der Waals surface area (Å²) in [5.74, 6) is -0.463. The largest absolute Gasteiger partial charge is 0.466 e. The molecule has 1 amide bonds. The number of hydrogen-bond donors (Lipinski definition) is 1. The van der Waals surface area contributed by atoms with Crippen molar-refractivity contribution in [1.82, 2.24) is 5.32 Å². The number of benzene rings is 1. The lowest BCUT2D eigenvalue weighted by atomic mass is 10.1. The average Bonchev–Trinajstić information content (AvgIpc) is 2.29. The minimum absolute atomic E-state index is 0.169. The van der Waals surface area contributed by atoms with Gasteiger partial charge in [0.1, 0.15) is 0 Å². The van der Waals surface area contributed by atoms with Crippen molar-refractivity contribution < 1.29 is 14.3 Å². The lowest BCUT2D eigenvalue weighted by Crippen LogP contribution is -2.26. The first kappa shape index (κ1) is 13.2. The van der Waals surface area contributed by atoms with Crippen LogP contribution in [0.15, 0.2) is 24.3 Å². The highest BCUT2D eigenvalue weighted by Gasteiger charge is 2.06. The van der Waals surface area contributed by atoms with Gasteiger partial charge in [0, 0.05) is 12.1 Å². The van der Waals surface area contributed by atoms with Crippen LogP contribution in [0.25, 0.3) is 0 Å². The first-order valence-corrected chi connectivity index (χ1v) is 5.64. The van der Waals surface area contributed by atoms with Crippen LogP contribution in [0.1, 0.15) is 29.3 Å². The molecule has 17 heavy (non-hydrogen) atoms. The number of esters is 1. The predicted molar refractivity (Wildman–Crippen MR) is 64.8 cm³/mol. The maximum atomic E-state index is 11.7. The molecule has 0 unspecified atom stereocenters. The molecule has 1 aromatic carbocycles. The minimum atomic E-state index is -0.294. The zero-order chi connectivity index (χ0) is 12.7. The van der Waals surface area contributed by atoms with Gasteiger partial charge in [0.25, 0.3) is 5.91 Å². The number of rotatable bonds is 5. The van der Waals surface area contributed by atoms with Crippen molar-refractivity contribution in [2.24, 2.45) is 0 Å². The molecule has 0 aliphatic rings. The van der Waals surface area contributed by atoms with Crippen LogP contribution in [0.3, 0.4) is 0 Å². The number of carbonyl (C=O) groups excluding carboxylic acids is 2. The van der Waals surface area contributed by atoms with E-state index in [1.807, 2.05) is 19.1 Å². The summed E-state index contributed by atoms with van der Waals surface area (Å²) in [7, 11) is 0. The molecule has 0 radical (unpaired) electrons. The third-order valence-electron chi connectivity index (χ3n) is 2.20. The van der Waals surface area contributed by atoms with Crippen molar-refractivity contribution in [3.8, 4) is 0 Å². The van der Waals surface area contributed by atoms with Crippen molar-refractivity contribution >= 4 is 11.9 Å². The van der Waals surface area contributed by atoms with Gasteiger partial charge in [-0.15, -0.1) is 0 Å². The fourth-order valence-corrected chi connectivity index (χ4v) is 1.40. The van der Waals surface area contributed by atoms with Crippen LogP contribution in [0, 0.1) is 6.92 Å². The van der Waals surface area contributed by atoms with Crippen molar-refractivity contribution in [3.63, 3.8) is 0 Å². The highest BCUT2D eigenvalue weighted by Crippen LogP contribution is 2.03. The highest BCUT2D eigenvalue weighted by atomic mass is 16.5. The van der Waals surface area contributed by atoms with E-state index in [2.05, 4.69) is 5.32 Å². The average molecular weight is 235 g/mol. The molecule has 0 bridgehead atoms. The molecule has 0 spiro atoms. The number of nitrogens with one attached hydrogen (secondary N) is 1. The molecule has 1 rings (SSSR count). The SMILES string of the molecule is CCOC(=O)CCNC(=O)c1cccc(C)c1. The van der Waals surface area contributed by atoms with Gasteiger partial charge in [-0.25, -0.2) is 0 Å². The molecule has 4 heteroatoms. The number of amides is 1. The molecular weight excluding hydrogens is 218 g/mol. The van der Waals surface area contributed by atoms with E-state index in [9.17, 15) is 9.59 Å². The van der Waals surface area contributed by atoms with Gasteiger partial charge in [-0.05, 0) is 26.0 Å². The van der Waals surface area contributed by atoms with E-state index in [-0.39, 0.29) is 18.3 Å². The lowest BCUT2D eigenvalue weighted by molar-refractivity contribution is -0.142. The fraction of sp³-hybridized carbons (Fsp3) is 0.385. The molecule has 1 N–H and O–H groups in total. The van der Waals surface area contributed by atoms with Gasteiger partial charge in [0.15, 0.2) is 0 Å². The zero-order valence-electron chi connectivity index (χ0n) is 10.2. The monoisotopic (exact) mass is 235 g/mol. The summed E-state index contributed by atoms with van der Waals surface area (Å²) in [4.78, 5) is 22.7. The first-order chi connectivity index (χ1) is 8.13. The van der Waals surface area contributed by atoms with Crippen LogP contribution in [0.4, 0.5) is 0 Å². The van der Waals surface area contributed by atoms with E-state index in [4.69, 9.17) is 4.74 Å². The maximum Gasteiger partial charge on any atom is 0.307 e. The van der Waals surface area contributed by atoms with Crippen molar-refractivity contribution in [2.75, 3.05) is 13.2 Å². The van der Waals surface area contributed by atoms with E-state index >= 15 is 0 Å². The van der Waals surface area contributed by atoms with Crippen LogP contribution >= 0.6 is 0 Å². The van der Waals surface area contributed by atoms with E-state index in [1.54, 1.807) is 19.1 Å². The predicted octanol–water partition coefficient (Wildman–Crippen LogP) is 1.68. The smallest absolute Gasteiger partial charge is 0.307 e. The second kappa shape index (κ2) is 6.68. The topological polar surface area (TPSA) is 55.4 Å². The third-order valence-corrected chi connectivity index (χ3v) is 2.20. The van der Waals surface area contributed by atoms with Crippen LogP contribution < -0.4 is 5.32 Å². The Balaban J connectivity index is 2.38. The van der Waals surface area contributed by atoms with Crippen molar-refractivity contribution in [1.29, 1.82) is 0 Å². The standard InChI is InChI=1S/C13H17NO3/c1-3-17-12(15)7-8-14-13(16)11-6-4-5-10(2)9-11/h4-6,9H,3,7-8H2,1-2H3,(H,14,16). The Kier molecular flexibility index (Phi) is 5.20. The summed E-state index contributed by atoms with van der Waals surface area (Å²) in [5, 5.41) is 2.68. The fourth-order valence-electron chi connectivity index (χ4n) is 1.40. The summed E-state index contributed by atoms with van der Waals surface area (Å²) in [6.07, 6.45) is 0.200. The number of hydrogen-bond acceptors (Lipinski definition) is 3. The molecule has 0 saturated carbocycles. The van der Waals surface area contributed by atoms with Crippen molar-refractivity contribution in [3.05, 3.63) is 35.4 Å². The Morgan fingerprint density at radius 3 is 2.76 bits per heavy atom. The van der Waals surface area contributed by atoms with Crippen LogP contribution in [0.2, 0.25) is 0 Å². The van der Waals surface area contributed by atoms with E-state index < -0.39 is 0 Å². The summed E-state index contributed by atoms with van der Waals surface area (Å²) in [6, 6.07) is 7.30. The molecule has 1 aromatic rings. The molecule has 0 atom stereocenters. The van der Waals surface area contributed by atoms with Crippen LogP contribution in [0.5, 0.6) is 0 Å². The van der Waals surface area contributed by atoms with Crippen molar-refractivity contribution in [2.45, 2.75) is 20.3 Å². The summed E-state index contributed by atoms with van der Waals surface area (Å²) >= 11 is 0. The van der Waals surface area contributed by atoms with E-state index in [0.29, 0.717) is 18.7 Å². The normalized spacial score (nSPS) is 9.76. The van der Waals surface area contributed by atoms with E-state index in [0.717, 1.165) is 5.56 Å². The molecule has 0 aliphatic heterocycles. The van der Waals surface area contributed by atoms with Crippen LogP contribution in [-0.4, -0.2) is 25.0 Å². The van der Waals surface area contributed by atoms with Gasteiger partial charge in [-0.3, -0.25) is 9.59 Å². The molecule has 4 nitrogen and oxygen atoms in total. The van der Waals surface area contributed by atoms with Crippen LogP contribution in [-0.2, 0) is 9.53 Å². The Hall–Kier alpha value is -1.84. The summed E-state index contributed by atoms with van der Waals surface area (Å²) < 4.78 is 4.76. The number of aryl methyl sites for hydroxylation is 1. The maximum absolute atomic E-state index is 11.7. The Morgan fingerprint density at radius 1 is 1.35 bits per heavy atom. The summed E-state index contributed by atoms with van der Waals surface area (Å²) in [5.41, 5.74) is 1.64. The Bertz CT molecular complexity index is 401. The van der Waals surface area contributed by atoms with Gasteiger partial charge in [-0.1, -0.05) is 17.7 Å². The quantitative estimate of drug-likeness (QED) is 0.790. The summed E-state index contributed by atoms with van der Waals surface area (Å²) in [6.45, 7) is 4.34. The van der Waals surface area contributed by atoms with Gasteiger partial charge in [0.05, 0.1) is 13.0 Å².